The zero-order valence-electron chi connectivity index (χ0n) is 17.3. The number of rotatable bonds is 12. The topological polar surface area (TPSA) is 76.7 Å². The van der Waals surface area contributed by atoms with Crippen LogP contribution in [0.25, 0.3) is 0 Å². The van der Waals surface area contributed by atoms with E-state index in [-0.39, 0.29) is 11.8 Å². The number of ether oxygens (including phenoxy) is 2. The van der Waals surface area contributed by atoms with Gasteiger partial charge in [0.25, 0.3) is 11.8 Å². The van der Waals surface area contributed by atoms with Crippen molar-refractivity contribution in [2.75, 3.05) is 23.8 Å². The molecule has 0 radical (unpaired) electrons. The van der Waals surface area contributed by atoms with Crippen LogP contribution in [-0.2, 0) is 19.1 Å². The molecule has 1 aromatic rings. The Morgan fingerprint density at radius 2 is 1.25 bits per heavy atom. The molecular weight excluding hydrogens is 356 g/mol. The molecule has 6 heteroatoms. The molecule has 0 fully saturated rings. The van der Waals surface area contributed by atoms with E-state index >= 15 is 0 Å². The molecule has 6 nitrogen and oxygen atoms in total. The molecule has 28 heavy (non-hydrogen) atoms. The van der Waals surface area contributed by atoms with Crippen LogP contribution in [-0.4, -0.2) is 37.2 Å². The van der Waals surface area contributed by atoms with Crippen LogP contribution in [0, 0.1) is 13.8 Å². The SMILES string of the molecule is C=CCCOC(C)C(=O)Nc1cc(C)c(NC(=O)C(C)OCCC=C)cc1C. The molecule has 2 amide bonds. The predicted octanol–water partition coefficient (Wildman–Crippen LogP) is 4.14. The van der Waals surface area contributed by atoms with Crippen LogP contribution in [0.2, 0.25) is 0 Å². The molecule has 2 atom stereocenters. The maximum absolute atomic E-state index is 12.3. The second-order valence-electron chi connectivity index (χ2n) is 6.64. The van der Waals surface area contributed by atoms with Crippen molar-refractivity contribution in [3.05, 3.63) is 48.6 Å². The van der Waals surface area contributed by atoms with E-state index in [1.165, 1.54) is 0 Å². The third-order valence-electron chi connectivity index (χ3n) is 4.21. The number of amides is 2. The minimum absolute atomic E-state index is 0.215. The third-order valence-corrected chi connectivity index (χ3v) is 4.21. The molecule has 0 saturated carbocycles. The first-order valence-electron chi connectivity index (χ1n) is 9.48. The fourth-order valence-corrected chi connectivity index (χ4v) is 2.36. The second-order valence-corrected chi connectivity index (χ2v) is 6.64. The Bertz CT molecular complexity index is 640. The van der Waals surface area contributed by atoms with Gasteiger partial charge in [0.2, 0.25) is 0 Å². The first kappa shape index (κ1) is 23.6. The molecule has 0 saturated heterocycles. The first-order valence-corrected chi connectivity index (χ1v) is 9.48. The van der Waals surface area contributed by atoms with E-state index in [2.05, 4.69) is 23.8 Å². The standard InChI is InChI=1S/C22H32N2O4/c1-7-9-11-27-17(5)21(25)23-19-13-16(4)20(14-15(19)3)24-22(26)18(6)28-12-10-8-2/h7-8,13-14,17-18H,1-2,9-12H2,3-6H3,(H,23,25)(H,24,26). The number of carbonyl (C=O) groups excluding carboxylic acids is 2. The van der Waals surface area contributed by atoms with Crippen LogP contribution in [0.15, 0.2) is 37.4 Å². The summed E-state index contributed by atoms with van der Waals surface area (Å²) in [6.45, 7) is 15.3. The second kappa shape index (κ2) is 12.1. The molecule has 154 valence electrons. The summed E-state index contributed by atoms with van der Waals surface area (Å²) in [5.74, 6) is -0.430. The lowest BCUT2D eigenvalue weighted by molar-refractivity contribution is -0.126. The molecule has 1 aromatic carbocycles. The molecule has 0 aromatic heterocycles. The van der Waals surface area contributed by atoms with E-state index in [4.69, 9.17) is 9.47 Å². The van der Waals surface area contributed by atoms with Gasteiger partial charge < -0.3 is 20.1 Å². The number of hydrogen-bond acceptors (Lipinski definition) is 4. The Balaban J connectivity index is 2.73. The molecule has 0 aliphatic rings. The molecule has 0 spiro atoms. The highest BCUT2D eigenvalue weighted by molar-refractivity contribution is 5.97. The van der Waals surface area contributed by atoms with E-state index in [9.17, 15) is 9.59 Å². The average molecular weight is 389 g/mol. The fraction of sp³-hybridized carbons (Fsp3) is 0.455. The maximum atomic E-state index is 12.3. The van der Waals surface area contributed by atoms with E-state index in [0.717, 1.165) is 11.1 Å². The van der Waals surface area contributed by atoms with Crippen LogP contribution in [0.3, 0.4) is 0 Å². The van der Waals surface area contributed by atoms with Crippen LogP contribution >= 0.6 is 0 Å². The summed E-state index contributed by atoms with van der Waals surface area (Å²) in [4.78, 5) is 24.6. The van der Waals surface area contributed by atoms with Gasteiger partial charge in [0, 0.05) is 11.4 Å². The summed E-state index contributed by atoms with van der Waals surface area (Å²) in [5, 5.41) is 5.76. The van der Waals surface area contributed by atoms with Crippen LogP contribution in [0.1, 0.15) is 37.8 Å². The number of carbonyl (C=O) groups is 2. The van der Waals surface area contributed by atoms with Crippen LogP contribution in [0.4, 0.5) is 11.4 Å². The van der Waals surface area contributed by atoms with Gasteiger partial charge in [-0.2, -0.15) is 0 Å². The van der Waals surface area contributed by atoms with Gasteiger partial charge in [-0.05, 0) is 63.8 Å². The zero-order chi connectivity index (χ0) is 21.1. The van der Waals surface area contributed by atoms with E-state index in [0.29, 0.717) is 37.4 Å². The largest absolute Gasteiger partial charge is 0.368 e. The Hall–Kier alpha value is -2.44. The molecule has 0 aliphatic carbocycles. The Labute approximate surface area is 168 Å². The van der Waals surface area contributed by atoms with Gasteiger partial charge in [-0.15, -0.1) is 13.2 Å². The highest BCUT2D eigenvalue weighted by atomic mass is 16.5. The van der Waals surface area contributed by atoms with Crippen molar-refractivity contribution in [1.29, 1.82) is 0 Å². The lowest BCUT2D eigenvalue weighted by Gasteiger charge is -2.18. The highest BCUT2D eigenvalue weighted by Crippen LogP contribution is 2.25. The van der Waals surface area contributed by atoms with Crippen molar-refractivity contribution in [3.8, 4) is 0 Å². The summed E-state index contributed by atoms with van der Waals surface area (Å²) >= 11 is 0. The van der Waals surface area contributed by atoms with Crippen molar-refractivity contribution >= 4 is 23.2 Å². The number of anilines is 2. The first-order chi connectivity index (χ1) is 13.3. The van der Waals surface area contributed by atoms with Crippen molar-refractivity contribution in [1.82, 2.24) is 0 Å². The van der Waals surface area contributed by atoms with Crippen molar-refractivity contribution in [2.45, 2.75) is 52.7 Å². The van der Waals surface area contributed by atoms with Gasteiger partial charge in [-0.3, -0.25) is 9.59 Å². The van der Waals surface area contributed by atoms with Gasteiger partial charge in [0.05, 0.1) is 13.2 Å². The zero-order valence-corrected chi connectivity index (χ0v) is 17.3. The van der Waals surface area contributed by atoms with Gasteiger partial charge >= 0.3 is 0 Å². The number of hydrogen-bond donors (Lipinski definition) is 2. The van der Waals surface area contributed by atoms with Gasteiger partial charge in [0.15, 0.2) is 0 Å². The van der Waals surface area contributed by atoms with Crippen LogP contribution < -0.4 is 10.6 Å². The normalized spacial score (nSPS) is 12.7. The average Bonchev–Trinajstić information content (AvgIpc) is 2.65. The Morgan fingerprint density at radius 1 is 0.893 bits per heavy atom. The van der Waals surface area contributed by atoms with E-state index < -0.39 is 12.2 Å². The summed E-state index contributed by atoms with van der Waals surface area (Å²) in [7, 11) is 0. The van der Waals surface area contributed by atoms with Crippen molar-refractivity contribution in [2.24, 2.45) is 0 Å². The van der Waals surface area contributed by atoms with Crippen molar-refractivity contribution < 1.29 is 19.1 Å². The molecular formula is C22H32N2O4. The number of benzene rings is 1. The van der Waals surface area contributed by atoms with E-state index in [1.54, 1.807) is 26.0 Å². The number of nitrogens with one attached hydrogen (secondary N) is 2. The minimum atomic E-state index is -0.562. The third kappa shape index (κ3) is 7.66. The molecule has 0 bridgehead atoms. The summed E-state index contributed by atoms with van der Waals surface area (Å²) in [5.41, 5.74) is 3.06. The summed E-state index contributed by atoms with van der Waals surface area (Å²) in [6, 6.07) is 3.67. The molecule has 2 N–H and O–H groups in total. The Kier molecular flexibility index (Phi) is 10.2. The highest BCUT2D eigenvalue weighted by Gasteiger charge is 2.17. The van der Waals surface area contributed by atoms with E-state index in [1.807, 2.05) is 26.0 Å². The molecule has 1 rings (SSSR count). The maximum Gasteiger partial charge on any atom is 0.253 e. The summed E-state index contributed by atoms with van der Waals surface area (Å²) < 4.78 is 10.9. The minimum Gasteiger partial charge on any atom is -0.368 e. The van der Waals surface area contributed by atoms with Crippen LogP contribution in [0.5, 0.6) is 0 Å². The van der Waals surface area contributed by atoms with Gasteiger partial charge in [-0.25, -0.2) is 0 Å². The fourth-order valence-electron chi connectivity index (χ4n) is 2.36. The quantitative estimate of drug-likeness (QED) is 0.417. The summed E-state index contributed by atoms with van der Waals surface area (Å²) in [6.07, 6.45) is 3.76. The van der Waals surface area contributed by atoms with Crippen molar-refractivity contribution in [3.63, 3.8) is 0 Å². The predicted molar refractivity (Wildman–Crippen MR) is 114 cm³/mol. The lowest BCUT2D eigenvalue weighted by Crippen LogP contribution is -2.29. The molecule has 0 aliphatic heterocycles. The van der Waals surface area contributed by atoms with Gasteiger partial charge in [-0.1, -0.05) is 12.2 Å². The smallest absolute Gasteiger partial charge is 0.253 e. The van der Waals surface area contributed by atoms with Gasteiger partial charge in [0.1, 0.15) is 12.2 Å². The molecule has 2 unspecified atom stereocenters. The number of aryl methyl sites for hydroxylation is 2. The lowest BCUT2D eigenvalue weighted by atomic mass is 10.1. The Morgan fingerprint density at radius 3 is 1.57 bits per heavy atom. The molecule has 0 heterocycles. The monoisotopic (exact) mass is 388 g/mol.